The summed E-state index contributed by atoms with van der Waals surface area (Å²) in [6.07, 6.45) is 0.718. The summed E-state index contributed by atoms with van der Waals surface area (Å²) in [5.41, 5.74) is 6.33. The number of amides is 4. The lowest BCUT2D eigenvalue weighted by molar-refractivity contribution is -0.148. The number of ether oxygens (including phenoxy) is 3. The van der Waals surface area contributed by atoms with E-state index in [1.807, 2.05) is 83.8 Å². The molecule has 1 saturated heterocycles. The van der Waals surface area contributed by atoms with Crippen molar-refractivity contribution < 1.29 is 43.3 Å². The SMILES string of the molecule is CC[C@H](C)C([C@@H](CC(=O)N1CCC[C@H]1[C@H](OC)[C@@H](C)C(=O)N[C@@H](Cc1ccccc1)C(=O)O)OC)N(C)C(=O)[C@@H](NC(=O)C(C(C)C)N(C)CCOCCN)C(C)C. The zero-order chi connectivity index (χ0) is 43.7. The highest BCUT2D eigenvalue weighted by Gasteiger charge is 2.43. The molecular weight excluding hydrogens is 745 g/mol. The minimum Gasteiger partial charge on any atom is -0.480 e. The van der Waals surface area contributed by atoms with Crippen molar-refractivity contribution in [2.75, 3.05) is 61.2 Å². The number of carbonyl (C=O) groups excluding carboxylic acids is 4. The van der Waals surface area contributed by atoms with Crippen LogP contribution in [0.25, 0.3) is 0 Å². The Bertz CT molecular complexity index is 1430. The number of methoxy groups -OCH3 is 2. The molecule has 5 N–H and O–H groups in total. The van der Waals surface area contributed by atoms with Crippen molar-refractivity contribution in [3.63, 3.8) is 0 Å². The smallest absolute Gasteiger partial charge is 0.326 e. The number of hydrogen-bond donors (Lipinski definition) is 4. The largest absolute Gasteiger partial charge is 0.480 e. The van der Waals surface area contributed by atoms with Crippen molar-refractivity contribution in [2.45, 2.75) is 123 Å². The van der Waals surface area contributed by atoms with E-state index in [4.69, 9.17) is 19.9 Å². The van der Waals surface area contributed by atoms with Gasteiger partial charge in [-0.3, -0.25) is 24.1 Å². The minimum atomic E-state index is -1.14. The van der Waals surface area contributed by atoms with Crippen LogP contribution in [-0.4, -0.2) is 153 Å². The zero-order valence-electron chi connectivity index (χ0n) is 36.9. The first kappa shape index (κ1) is 50.5. The summed E-state index contributed by atoms with van der Waals surface area (Å²) in [4.78, 5) is 73.5. The lowest BCUT2D eigenvalue weighted by Gasteiger charge is -2.41. The molecule has 1 aliphatic heterocycles. The molecule has 1 aromatic carbocycles. The molecule has 9 atom stereocenters. The number of carbonyl (C=O) groups is 5. The highest BCUT2D eigenvalue weighted by Crippen LogP contribution is 2.30. The lowest BCUT2D eigenvalue weighted by Crippen LogP contribution is -2.60. The van der Waals surface area contributed by atoms with Gasteiger partial charge in [-0.1, -0.05) is 85.2 Å². The van der Waals surface area contributed by atoms with Gasteiger partial charge in [-0.25, -0.2) is 4.79 Å². The third kappa shape index (κ3) is 14.3. The van der Waals surface area contributed by atoms with Crippen LogP contribution in [0.5, 0.6) is 0 Å². The third-order valence-electron chi connectivity index (χ3n) is 11.6. The average Bonchev–Trinajstić information content (AvgIpc) is 3.67. The Balaban J connectivity index is 2.26. The molecule has 15 heteroatoms. The Morgan fingerprint density at radius 1 is 0.931 bits per heavy atom. The predicted molar refractivity (Wildman–Crippen MR) is 224 cm³/mol. The molecule has 4 amide bonds. The van der Waals surface area contributed by atoms with Crippen LogP contribution in [0.3, 0.4) is 0 Å². The maximum absolute atomic E-state index is 14.4. The maximum Gasteiger partial charge on any atom is 0.326 e. The number of nitrogens with one attached hydrogen (secondary N) is 2. The van der Waals surface area contributed by atoms with Gasteiger partial charge in [0.25, 0.3) is 0 Å². The normalized spacial score (nSPS) is 18.6. The summed E-state index contributed by atoms with van der Waals surface area (Å²) in [6.45, 7) is 15.7. The highest BCUT2D eigenvalue weighted by atomic mass is 16.5. The second-order valence-corrected chi connectivity index (χ2v) is 16.5. The second kappa shape index (κ2) is 25.1. The third-order valence-corrected chi connectivity index (χ3v) is 11.6. The highest BCUT2D eigenvalue weighted by molar-refractivity contribution is 5.90. The van der Waals surface area contributed by atoms with Crippen LogP contribution in [0.1, 0.15) is 79.7 Å². The summed E-state index contributed by atoms with van der Waals surface area (Å²) in [6, 6.07) is 5.69. The Labute approximate surface area is 347 Å². The molecule has 0 radical (unpaired) electrons. The van der Waals surface area contributed by atoms with Crippen LogP contribution >= 0.6 is 0 Å². The van der Waals surface area contributed by atoms with Crippen LogP contribution in [0.15, 0.2) is 30.3 Å². The van der Waals surface area contributed by atoms with Crippen LogP contribution in [0, 0.1) is 23.7 Å². The van der Waals surface area contributed by atoms with E-state index < -0.39 is 60.2 Å². The van der Waals surface area contributed by atoms with Gasteiger partial charge in [-0.2, -0.15) is 0 Å². The molecule has 330 valence electrons. The van der Waals surface area contributed by atoms with E-state index in [0.29, 0.717) is 52.1 Å². The Kier molecular flexibility index (Phi) is 21.9. The molecular formula is C43H74N6O9. The standard InChI is InChI=1S/C43H74N6O9/c1-12-29(6)38(48(9)42(53)36(27(2)3)46-41(52)37(28(4)5)47(8)22-24-58-23-20-44)34(56-10)26-35(50)49-21-16-19-33(49)39(57-11)30(7)40(51)45-32(43(54)55)25-31-17-14-13-15-18-31/h13-15,17-18,27-30,32-34,36-39H,12,16,19-26,44H2,1-11H3,(H,45,51)(H,46,52)(H,54,55)/t29-,30+,32-,33-,34+,36-,37?,38?,39+/m0/s1. The number of carboxylic acids is 1. The van der Waals surface area contributed by atoms with Crippen molar-refractivity contribution in [3.05, 3.63) is 35.9 Å². The van der Waals surface area contributed by atoms with E-state index in [2.05, 4.69) is 10.6 Å². The molecule has 1 fully saturated rings. The number of nitrogens with two attached hydrogens (primary N) is 1. The van der Waals surface area contributed by atoms with Gasteiger partial charge in [0, 0.05) is 47.3 Å². The summed E-state index contributed by atoms with van der Waals surface area (Å²) < 4.78 is 17.5. The van der Waals surface area contributed by atoms with Gasteiger partial charge in [0.2, 0.25) is 23.6 Å². The number of nitrogens with zero attached hydrogens (tertiary/aromatic N) is 3. The van der Waals surface area contributed by atoms with E-state index >= 15 is 0 Å². The van der Waals surface area contributed by atoms with Crippen LogP contribution < -0.4 is 16.4 Å². The molecule has 1 aliphatic rings. The molecule has 2 unspecified atom stereocenters. The second-order valence-electron chi connectivity index (χ2n) is 16.5. The number of carboxylic acid groups (broad SMARTS) is 1. The summed E-state index contributed by atoms with van der Waals surface area (Å²) >= 11 is 0. The molecule has 0 aliphatic carbocycles. The molecule has 1 heterocycles. The van der Waals surface area contributed by atoms with Crippen LogP contribution in [-0.2, 0) is 44.6 Å². The number of hydrogen-bond acceptors (Lipinski definition) is 10. The summed E-state index contributed by atoms with van der Waals surface area (Å²) in [5, 5.41) is 15.7. The fourth-order valence-corrected chi connectivity index (χ4v) is 8.18. The fraction of sp³-hybridized carbons (Fsp3) is 0.744. The Hall–Kier alpha value is -3.63. The van der Waals surface area contributed by atoms with Gasteiger partial charge < -0.3 is 45.5 Å². The van der Waals surface area contributed by atoms with E-state index in [0.717, 1.165) is 5.56 Å². The molecule has 58 heavy (non-hydrogen) atoms. The van der Waals surface area contributed by atoms with Gasteiger partial charge in [0.05, 0.1) is 55.9 Å². The van der Waals surface area contributed by atoms with Crippen molar-refractivity contribution in [2.24, 2.45) is 29.4 Å². The zero-order valence-corrected chi connectivity index (χ0v) is 36.9. The van der Waals surface area contributed by atoms with E-state index in [-0.39, 0.29) is 48.3 Å². The molecule has 2 rings (SSSR count). The number of benzene rings is 1. The average molecular weight is 819 g/mol. The maximum atomic E-state index is 14.4. The van der Waals surface area contributed by atoms with Crippen molar-refractivity contribution in [1.82, 2.24) is 25.3 Å². The first-order valence-electron chi connectivity index (χ1n) is 20.9. The van der Waals surface area contributed by atoms with E-state index in [1.165, 1.54) is 14.2 Å². The van der Waals surface area contributed by atoms with Crippen LogP contribution in [0.2, 0.25) is 0 Å². The lowest BCUT2D eigenvalue weighted by atomic mass is 9.89. The predicted octanol–water partition coefficient (Wildman–Crippen LogP) is 2.79. The number of rotatable bonds is 26. The molecule has 0 saturated carbocycles. The van der Waals surface area contributed by atoms with Crippen molar-refractivity contribution >= 4 is 29.6 Å². The first-order valence-corrected chi connectivity index (χ1v) is 20.9. The van der Waals surface area contributed by atoms with Gasteiger partial charge in [-0.05, 0) is 43.2 Å². The topological polar surface area (TPSA) is 193 Å². The van der Waals surface area contributed by atoms with Crippen molar-refractivity contribution in [3.8, 4) is 0 Å². The Morgan fingerprint density at radius 3 is 2.12 bits per heavy atom. The number of likely N-dealkylation sites (N-methyl/N-ethyl adjacent to an activating group) is 2. The first-order chi connectivity index (χ1) is 27.4. The fourth-order valence-electron chi connectivity index (χ4n) is 8.18. The van der Waals surface area contributed by atoms with Crippen LogP contribution in [0.4, 0.5) is 0 Å². The van der Waals surface area contributed by atoms with E-state index in [9.17, 15) is 29.1 Å². The minimum absolute atomic E-state index is 0.0278. The molecule has 0 aromatic heterocycles. The summed E-state index contributed by atoms with van der Waals surface area (Å²) in [5.74, 6) is -3.44. The van der Waals surface area contributed by atoms with Gasteiger partial charge in [-0.15, -0.1) is 0 Å². The summed E-state index contributed by atoms with van der Waals surface area (Å²) in [7, 11) is 6.60. The van der Waals surface area contributed by atoms with Gasteiger partial charge in [0.1, 0.15) is 12.1 Å². The van der Waals surface area contributed by atoms with Gasteiger partial charge >= 0.3 is 5.97 Å². The quantitative estimate of drug-likeness (QED) is 0.101. The molecule has 0 spiro atoms. The van der Waals surface area contributed by atoms with E-state index in [1.54, 1.807) is 23.8 Å². The van der Waals surface area contributed by atoms with Gasteiger partial charge in [0.15, 0.2) is 0 Å². The molecule has 1 aromatic rings. The molecule has 15 nitrogen and oxygen atoms in total. The molecule has 0 bridgehead atoms. The monoisotopic (exact) mass is 819 g/mol. The number of likely N-dealkylation sites (tertiary alicyclic amines) is 1. The number of aliphatic carboxylic acids is 1. The van der Waals surface area contributed by atoms with Crippen molar-refractivity contribution in [1.29, 1.82) is 0 Å². The Morgan fingerprint density at radius 2 is 1.59 bits per heavy atom.